The summed E-state index contributed by atoms with van der Waals surface area (Å²) in [5.41, 5.74) is 4.11. The van der Waals surface area contributed by atoms with Gasteiger partial charge in [0.1, 0.15) is 0 Å². The zero-order chi connectivity index (χ0) is 18.7. The standard InChI is InChI=1S/C20H23N3O2S/c1-13(26-18-7-4-16(5-8-18)21-14(2)24)20(25)22-17-6-9-19-15(12-17)10-11-23(19)3/h4-9,12-13H,10-11H2,1-3H3,(H,21,24)(H,22,25)/t13-/m0/s1. The van der Waals surface area contributed by atoms with Crippen molar-refractivity contribution in [3.8, 4) is 0 Å². The smallest absolute Gasteiger partial charge is 0.237 e. The van der Waals surface area contributed by atoms with E-state index in [-0.39, 0.29) is 17.1 Å². The number of thioether (sulfide) groups is 1. The van der Waals surface area contributed by atoms with Crippen LogP contribution in [-0.4, -0.2) is 30.7 Å². The van der Waals surface area contributed by atoms with Crippen molar-refractivity contribution in [3.05, 3.63) is 48.0 Å². The van der Waals surface area contributed by atoms with Gasteiger partial charge in [0.25, 0.3) is 0 Å². The lowest BCUT2D eigenvalue weighted by atomic mass is 10.1. The van der Waals surface area contributed by atoms with E-state index < -0.39 is 0 Å². The number of hydrogen-bond donors (Lipinski definition) is 2. The lowest BCUT2D eigenvalue weighted by Crippen LogP contribution is -2.22. The molecule has 0 unspecified atom stereocenters. The Labute approximate surface area is 158 Å². The van der Waals surface area contributed by atoms with Crippen molar-refractivity contribution in [1.82, 2.24) is 0 Å². The summed E-state index contributed by atoms with van der Waals surface area (Å²) in [7, 11) is 2.08. The molecular formula is C20H23N3O2S. The highest BCUT2D eigenvalue weighted by atomic mass is 32.2. The molecule has 1 heterocycles. The lowest BCUT2D eigenvalue weighted by molar-refractivity contribution is -0.115. The Hall–Kier alpha value is -2.47. The van der Waals surface area contributed by atoms with Crippen LogP contribution in [-0.2, 0) is 16.0 Å². The maximum Gasteiger partial charge on any atom is 0.237 e. The van der Waals surface area contributed by atoms with E-state index in [2.05, 4.69) is 34.7 Å². The molecule has 6 heteroatoms. The van der Waals surface area contributed by atoms with Gasteiger partial charge in [-0.1, -0.05) is 0 Å². The van der Waals surface area contributed by atoms with Crippen LogP contribution in [0.1, 0.15) is 19.4 Å². The first-order valence-electron chi connectivity index (χ1n) is 8.61. The number of anilines is 3. The van der Waals surface area contributed by atoms with Gasteiger partial charge in [-0.15, -0.1) is 11.8 Å². The normalized spacial score (nSPS) is 13.9. The number of carbonyl (C=O) groups is 2. The molecule has 136 valence electrons. The minimum atomic E-state index is -0.224. The Kier molecular flexibility index (Phi) is 5.52. The number of carbonyl (C=O) groups excluding carboxylic acids is 2. The second-order valence-corrected chi connectivity index (χ2v) is 7.88. The molecule has 0 saturated carbocycles. The van der Waals surface area contributed by atoms with Gasteiger partial charge in [-0.3, -0.25) is 9.59 Å². The Morgan fingerprint density at radius 3 is 2.46 bits per heavy atom. The Morgan fingerprint density at radius 2 is 1.77 bits per heavy atom. The second kappa shape index (κ2) is 7.83. The van der Waals surface area contributed by atoms with Crippen LogP contribution in [0.15, 0.2) is 47.4 Å². The third kappa shape index (κ3) is 4.38. The molecule has 0 aliphatic carbocycles. The molecule has 1 aliphatic heterocycles. The van der Waals surface area contributed by atoms with Gasteiger partial charge >= 0.3 is 0 Å². The van der Waals surface area contributed by atoms with E-state index in [0.29, 0.717) is 0 Å². The molecule has 0 aromatic heterocycles. The number of fused-ring (bicyclic) bond motifs is 1. The highest BCUT2D eigenvalue weighted by Crippen LogP contribution is 2.30. The summed E-state index contributed by atoms with van der Waals surface area (Å²) in [6, 6.07) is 13.6. The molecule has 5 nitrogen and oxygen atoms in total. The van der Waals surface area contributed by atoms with Crippen LogP contribution < -0.4 is 15.5 Å². The van der Waals surface area contributed by atoms with E-state index >= 15 is 0 Å². The minimum Gasteiger partial charge on any atom is -0.374 e. The first-order chi connectivity index (χ1) is 12.4. The average molecular weight is 369 g/mol. The van der Waals surface area contributed by atoms with Crippen LogP contribution in [0.25, 0.3) is 0 Å². The van der Waals surface area contributed by atoms with E-state index in [4.69, 9.17) is 0 Å². The number of hydrogen-bond acceptors (Lipinski definition) is 4. The highest BCUT2D eigenvalue weighted by molar-refractivity contribution is 8.00. The molecule has 0 saturated heterocycles. The molecule has 1 aliphatic rings. The molecule has 1 atom stereocenters. The van der Waals surface area contributed by atoms with Gasteiger partial charge in [-0.05, 0) is 61.4 Å². The van der Waals surface area contributed by atoms with E-state index in [1.807, 2.05) is 37.3 Å². The van der Waals surface area contributed by atoms with Crippen molar-refractivity contribution in [2.24, 2.45) is 0 Å². The van der Waals surface area contributed by atoms with Crippen molar-refractivity contribution in [2.75, 3.05) is 29.1 Å². The lowest BCUT2D eigenvalue weighted by Gasteiger charge is -2.15. The third-order valence-corrected chi connectivity index (χ3v) is 5.44. The van der Waals surface area contributed by atoms with Crippen LogP contribution in [0.3, 0.4) is 0 Å². The fraction of sp³-hybridized carbons (Fsp3) is 0.300. The summed E-state index contributed by atoms with van der Waals surface area (Å²) in [6.45, 7) is 4.39. The zero-order valence-corrected chi connectivity index (χ0v) is 16.0. The van der Waals surface area contributed by atoms with Crippen LogP contribution in [0, 0.1) is 0 Å². The minimum absolute atomic E-state index is 0.0211. The largest absolute Gasteiger partial charge is 0.374 e. The summed E-state index contributed by atoms with van der Waals surface area (Å²) >= 11 is 1.49. The van der Waals surface area contributed by atoms with Crippen molar-refractivity contribution in [2.45, 2.75) is 30.4 Å². The first kappa shape index (κ1) is 18.3. The van der Waals surface area contributed by atoms with Crippen LogP contribution >= 0.6 is 11.8 Å². The second-order valence-electron chi connectivity index (χ2n) is 6.47. The Morgan fingerprint density at radius 1 is 1.08 bits per heavy atom. The fourth-order valence-corrected chi connectivity index (χ4v) is 3.83. The van der Waals surface area contributed by atoms with Gasteiger partial charge in [-0.2, -0.15) is 0 Å². The predicted octanol–water partition coefficient (Wildman–Crippen LogP) is 3.76. The Balaban J connectivity index is 1.59. The quantitative estimate of drug-likeness (QED) is 0.788. The van der Waals surface area contributed by atoms with E-state index in [9.17, 15) is 9.59 Å². The van der Waals surface area contributed by atoms with E-state index in [1.54, 1.807) is 0 Å². The third-order valence-electron chi connectivity index (χ3n) is 4.33. The number of nitrogens with one attached hydrogen (secondary N) is 2. The summed E-state index contributed by atoms with van der Waals surface area (Å²) in [5.74, 6) is -0.120. The molecule has 2 aromatic carbocycles. The van der Waals surface area contributed by atoms with Crippen molar-refractivity contribution in [1.29, 1.82) is 0 Å². The van der Waals surface area contributed by atoms with Crippen molar-refractivity contribution in [3.63, 3.8) is 0 Å². The summed E-state index contributed by atoms with van der Waals surface area (Å²) < 4.78 is 0. The van der Waals surface area contributed by atoms with E-state index in [1.165, 1.54) is 29.9 Å². The van der Waals surface area contributed by atoms with Gasteiger partial charge in [0.15, 0.2) is 0 Å². The van der Waals surface area contributed by atoms with Gasteiger partial charge < -0.3 is 15.5 Å². The number of rotatable bonds is 5. The number of amides is 2. The summed E-state index contributed by atoms with van der Waals surface area (Å²) in [4.78, 5) is 26.8. The van der Waals surface area contributed by atoms with E-state index in [0.717, 1.165) is 29.2 Å². The molecule has 0 spiro atoms. The number of benzene rings is 2. The van der Waals surface area contributed by atoms with Gasteiger partial charge in [-0.25, -0.2) is 0 Å². The predicted molar refractivity (Wildman–Crippen MR) is 108 cm³/mol. The molecule has 2 amide bonds. The number of nitrogens with zero attached hydrogens (tertiary/aromatic N) is 1. The molecule has 0 bridgehead atoms. The maximum absolute atomic E-state index is 12.5. The molecule has 0 radical (unpaired) electrons. The maximum atomic E-state index is 12.5. The molecule has 2 N–H and O–H groups in total. The monoisotopic (exact) mass is 369 g/mol. The zero-order valence-electron chi connectivity index (χ0n) is 15.2. The topological polar surface area (TPSA) is 61.4 Å². The first-order valence-corrected chi connectivity index (χ1v) is 9.49. The van der Waals surface area contributed by atoms with Gasteiger partial charge in [0.05, 0.1) is 5.25 Å². The average Bonchev–Trinajstić information content (AvgIpc) is 2.96. The molecule has 0 fully saturated rings. The Bertz CT molecular complexity index is 820. The fourth-order valence-electron chi connectivity index (χ4n) is 2.97. The molecular weight excluding hydrogens is 346 g/mol. The van der Waals surface area contributed by atoms with Crippen LogP contribution in [0.5, 0.6) is 0 Å². The van der Waals surface area contributed by atoms with Gasteiger partial charge in [0.2, 0.25) is 11.8 Å². The number of likely N-dealkylation sites (N-methyl/N-ethyl adjacent to an activating group) is 1. The molecule has 3 rings (SSSR count). The van der Waals surface area contributed by atoms with Crippen LogP contribution in [0.2, 0.25) is 0 Å². The van der Waals surface area contributed by atoms with Crippen LogP contribution in [0.4, 0.5) is 17.1 Å². The summed E-state index contributed by atoms with van der Waals surface area (Å²) in [6.07, 6.45) is 1.01. The molecule has 26 heavy (non-hydrogen) atoms. The highest BCUT2D eigenvalue weighted by Gasteiger charge is 2.18. The molecule has 2 aromatic rings. The summed E-state index contributed by atoms with van der Waals surface area (Å²) in [5, 5.41) is 5.52. The van der Waals surface area contributed by atoms with Crippen molar-refractivity contribution < 1.29 is 9.59 Å². The SMILES string of the molecule is CC(=O)Nc1ccc(S[C@@H](C)C(=O)Nc2ccc3c(c2)CCN3C)cc1. The van der Waals surface area contributed by atoms with Gasteiger partial charge in [0, 0.05) is 42.5 Å². The van der Waals surface area contributed by atoms with Crippen molar-refractivity contribution >= 4 is 40.6 Å².